The van der Waals surface area contributed by atoms with Gasteiger partial charge in [0.2, 0.25) is 5.13 Å². The molecular weight excluding hydrogens is 244 g/mol. The SMILES string of the molecule is CC(C)(C)c1nsc(NCC2CCC(N)CC2)n1. The van der Waals surface area contributed by atoms with E-state index in [1.807, 2.05) is 0 Å². The van der Waals surface area contributed by atoms with E-state index in [0.29, 0.717) is 6.04 Å². The number of nitrogens with zero attached hydrogens (tertiary/aromatic N) is 2. The Balaban J connectivity index is 1.82. The summed E-state index contributed by atoms with van der Waals surface area (Å²) in [6, 6.07) is 0.426. The van der Waals surface area contributed by atoms with Crippen molar-refractivity contribution in [2.75, 3.05) is 11.9 Å². The molecule has 0 unspecified atom stereocenters. The first-order valence-electron chi connectivity index (χ1n) is 6.79. The predicted molar refractivity (Wildman–Crippen MR) is 77.0 cm³/mol. The van der Waals surface area contributed by atoms with Crippen LogP contribution in [0.4, 0.5) is 5.13 Å². The molecule has 1 heterocycles. The molecule has 0 amide bonds. The third-order valence-corrected chi connectivity index (χ3v) is 4.20. The lowest BCUT2D eigenvalue weighted by atomic mass is 9.86. The van der Waals surface area contributed by atoms with E-state index < -0.39 is 0 Å². The summed E-state index contributed by atoms with van der Waals surface area (Å²) in [6.07, 6.45) is 4.80. The largest absolute Gasteiger partial charge is 0.360 e. The molecule has 1 aliphatic carbocycles. The van der Waals surface area contributed by atoms with Crippen LogP contribution in [0.2, 0.25) is 0 Å². The van der Waals surface area contributed by atoms with E-state index in [-0.39, 0.29) is 5.41 Å². The summed E-state index contributed by atoms with van der Waals surface area (Å²) in [6.45, 7) is 7.43. The summed E-state index contributed by atoms with van der Waals surface area (Å²) in [4.78, 5) is 4.55. The van der Waals surface area contributed by atoms with Crippen LogP contribution in [0.15, 0.2) is 0 Å². The second-order valence-electron chi connectivity index (χ2n) is 6.33. The lowest BCUT2D eigenvalue weighted by Gasteiger charge is -2.25. The monoisotopic (exact) mass is 268 g/mol. The van der Waals surface area contributed by atoms with Gasteiger partial charge in [-0.25, -0.2) is 4.98 Å². The summed E-state index contributed by atoms with van der Waals surface area (Å²) in [5.74, 6) is 1.67. The van der Waals surface area contributed by atoms with Gasteiger partial charge in [0.25, 0.3) is 0 Å². The van der Waals surface area contributed by atoms with Crippen molar-refractivity contribution in [3.05, 3.63) is 5.82 Å². The molecular formula is C13H24N4S. The van der Waals surface area contributed by atoms with Gasteiger partial charge in [0.1, 0.15) is 5.82 Å². The molecule has 0 aromatic carbocycles. The van der Waals surface area contributed by atoms with Gasteiger partial charge in [-0.2, -0.15) is 4.37 Å². The van der Waals surface area contributed by atoms with E-state index in [0.717, 1.165) is 36.3 Å². The highest BCUT2D eigenvalue weighted by molar-refractivity contribution is 7.09. The van der Waals surface area contributed by atoms with Crippen LogP contribution in [0.25, 0.3) is 0 Å². The van der Waals surface area contributed by atoms with Crippen LogP contribution < -0.4 is 11.1 Å². The highest BCUT2D eigenvalue weighted by Crippen LogP contribution is 2.25. The van der Waals surface area contributed by atoms with Crippen LogP contribution in [-0.4, -0.2) is 21.9 Å². The molecule has 4 nitrogen and oxygen atoms in total. The smallest absolute Gasteiger partial charge is 0.202 e. The zero-order chi connectivity index (χ0) is 13.2. The van der Waals surface area contributed by atoms with E-state index >= 15 is 0 Å². The predicted octanol–water partition coefficient (Wildman–Crippen LogP) is 2.77. The highest BCUT2D eigenvalue weighted by Gasteiger charge is 2.21. The fraction of sp³-hybridized carbons (Fsp3) is 0.846. The minimum atomic E-state index is 0.0358. The second-order valence-corrected chi connectivity index (χ2v) is 7.09. The van der Waals surface area contributed by atoms with Crippen LogP contribution in [-0.2, 0) is 5.41 Å². The fourth-order valence-electron chi connectivity index (χ4n) is 2.22. The van der Waals surface area contributed by atoms with Gasteiger partial charge in [-0.05, 0) is 31.6 Å². The molecule has 1 saturated carbocycles. The molecule has 5 heteroatoms. The quantitative estimate of drug-likeness (QED) is 0.885. The van der Waals surface area contributed by atoms with E-state index in [9.17, 15) is 0 Å². The van der Waals surface area contributed by atoms with Crippen molar-refractivity contribution in [3.8, 4) is 0 Å². The van der Waals surface area contributed by atoms with Crippen molar-refractivity contribution in [1.82, 2.24) is 9.36 Å². The minimum Gasteiger partial charge on any atom is -0.360 e. The van der Waals surface area contributed by atoms with Crippen molar-refractivity contribution in [2.24, 2.45) is 11.7 Å². The van der Waals surface area contributed by atoms with Gasteiger partial charge in [0.15, 0.2) is 0 Å². The maximum Gasteiger partial charge on any atom is 0.202 e. The molecule has 18 heavy (non-hydrogen) atoms. The minimum absolute atomic E-state index is 0.0358. The van der Waals surface area contributed by atoms with Gasteiger partial charge >= 0.3 is 0 Å². The lowest BCUT2D eigenvalue weighted by Crippen LogP contribution is -2.29. The van der Waals surface area contributed by atoms with Crippen LogP contribution in [0.3, 0.4) is 0 Å². The maximum absolute atomic E-state index is 5.91. The van der Waals surface area contributed by atoms with E-state index in [1.54, 1.807) is 0 Å². The third kappa shape index (κ3) is 3.65. The van der Waals surface area contributed by atoms with Gasteiger partial charge in [-0.1, -0.05) is 20.8 Å². The Hall–Kier alpha value is -0.680. The van der Waals surface area contributed by atoms with Gasteiger partial charge in [-0.15, -0.1) is 0 Å². The van der Waals surface area contributed by atoms with Gasteiger partial charge < -0.3 is 11.1 Å². The molecule has 1 aromatic rings. The van der Waals surface area contributed by atoms with E-state index in [2.05, 4.69) is 35.4 Å². The molecule has 0 radical (unpaired) electrons. The molecule has 0 bridgehead atoms. The Morgan fingerprint density at radius 1 is 1.28 bits per heavy atom. The number of anilines is 1. The molecule has 102 valence electrons. The number of aromatic nitrogens is 2. The van der Waals surface area contributed by atoms with Crippen LogP contribution >= 0.6 is 11.5 Å². The summed E-state index contributed by atoms with van der Waals surface area (Å²) in [5, 5.41) is 4.38. The number of nitrogens with two attached hydrogens (primary N) is 1. The van der Waals surface area contributed by atoms with Crippen LogP contribution in [0.5, 0.6) is 0 Å². The van der Waals surface area contributed by atoms with E-state index in [1.165, 1.54) is 24.4 Å². The first-order valence-corrected chi connectivity index (χ1v) is 7.56. The van der Waals surface area contributed by atoms with Gasteiger partial charge in [-0.3, -0.25) is 0 Å². The zero-order valence-corrected chi connectivity index (χ0v) is 12.4. The standard InChI is InChI=1S/C13H24N4S/c1-13(2,3)11-16-12(18-17-11)15-8-9-4-6-10(14)7-5-9/h9-10H,4-8,14H2,1-3H3,(H,15,16,17). The summed E-state index contributed by atoms with van der Waals surface area (Å²) in [5.41, 5.74) is 5.95. The lowest BCUT2D eigenvalue weighted by molar-refractivity contribution is 0.339. The Labute approximate surface area is 114 Å². The summed E-state index contributed by atoms with van der Waals surface area (Å²) >= 11 is 1.47. The van der Waals surface area contributed by atoms with Crippen molar-refractivity contribution >= 4 is 16.7 Å². The average Bonchev–Trinajstić information content (AvgIpc) is 2.77. The Kier molecular flexibility index (Phi) is 4.22. The Bertz CT molecular complexity index is 375. The number of rotatable bonds is 3. The Morgan fingerprint density at radius 3 is 2.50 bits per heavy atom. The normalized spacial score (nSPS) is 25.1. The second kappa shape index (κ2) is 5.53. The number of hydrogen-bond donors (Lipinski definition) is 2. The van der Waals surface area contributed by atoms with Gasteiger partial charge in [0.05, 0.1) is 0 Å². The molecule has 3 N–H and O–H groups in total. The summed E-state index contributed by atoms with van der Waals surface area (Å²) in [7, 11) is 0. The van der Waals surface area contributed by atoms with Crippen LogP contribution in [0.1, 0.15) is 52.3 Å². The van der Waals surface area contributed by atoms with Crippen molar-refractivity contribution in [2.45, 2.75) is 57.9 Å². The zero-order valence-electron chi connectivity index (χ0n) is 11.6. The number of hydrogen-bond acceptors (Lipinski definition) is 5. The van der Waals surface area contributed by atoms with E-state index in [4.69, 9.17) is 5.73 Å². The van der Waals surface area contributed by atoms with Gasteiger partial charge in [0, 0.05) is 29.5 Å². The first-order chi connectivity index (χ1) is 8.45. The molecule has 1 aromatic heterocycles. The molecule has 1 aliphatic rings. The third-order valence-electron chi connectivity index (χ3n) is 3.53. The molecule has 0 atom stereocenters. The Morgan fingerprint density at radius 2 is 1.94 bits per heavy atom. The molecule has 0 aliphatic heterocycles. The fourth-order valence-corrected chi connectivity index (χ4v) is 2.99. The van der Waals surface area contributed by atoms with Crippen molar-refractivity contribution < 1.29 is 0 Å². The topological polar surface area (TPSA) is 63.8 Å². The van der Waals surface area contributed by atoms with Crippen LogP contribution in [0, 0.1) is 5.92 Å². The molecule has 1 fully saturated rings. The summed E-state index contributed by atoms with van der Waals surface area (Å²) < 4.78 is 4.41. The van der Waals surface area contributed by atoms with Crippen molar-refractivity contribution in [1.29, 1.82) is 0 Å². The molecule has 2 rings (SSSR count). The maximum atomic E-state index is 5.91. The highest BCUT2D eigenvalue weighted by atomic mass is 32.1. The number of nitrogens with one attached hydrogen (secondary N) is 1. The molecule has 0 spiro atoms. The van der Waals surface area contributed by atoms with Crippen molar-refractivity contribution in [3.63, 3.8) is 0 Å². The average molecular weight is 268 g/mol. The first kappa shape index (κ1) is 13.7. The molecule has 0 saturated heterocycles.